The Morgan fingerprint density at radius 2 is 2.13 bits per heavy atom. The molecule has 0 amide bonds. The third kappa shape index (κ3) is 3.76. The van der Waals surface area contributed by atoms with E-state index < -0.39 is 0 Å². The molecule has 90 valence electrons. The van der Waals surface area contributed by atoms with Crippen molar-refractivity contribution in [1.29, 1.82) is 0 Å². The smallest absolute Gasteiger partial charge is 0.0244 e. The van der Waals surface area contributed by atoms with Gasteiger partial charge in [-0.2, -0.15) is 0 Å². The molecule has 1 rings (SSSR count). The van der Waals surface area contributed by atoms with E-state index in [9.17, 15) is 0 Å². The summed E-state index contributed by atoms with van der Waals surface area (Å²) in [5, 5.41) is 0. The summed E-state index contributed by atoms with van der Waals surface area (Å²) in [7, 11) is 0. The van der Waals surface area contributed by atoms with Crippen molar-refractivity contribution < 1.29 is 0 Å². The Labute approximate surface area is 95.2 Å². The van der Waals surface area contributed by atoms with E-state index in [2.05, 4.69) is 25.7 Å². The Hall–Kier alpha value is -0.0800. The molecule has 0 aliphatic carbocycles. The number of rotatable bonds is 5. The van der Waals surface area contributed by atoms with Gasteiger partial charge in [-0.15, -0.1) is 0 Å². The number of nitrogens with two attached hydrogens (primary N) is 1. The van der Waals surface area contributed by atoms with E-state index in [0.29, 0.717) is 12.1 Å². The Kier molecular flexibility index (Phi) is 5.62. The van der Waals surface area contributed by atoms with Crippen LogP contribution in [0.3, 0.4) is 0 Å². The minimum Gasteiger partial charge on any atom is -0.326 e. The van der Waals surface area contributed by atoms with Crippen LogP contribution in [-0.4, -0.2) is 30.1 Å². The average molecular weight is 212 g/mol. The van der Waals surface area contributed by atoms with Crippen molar-refractivity contribution in [3.05, 3.63) is 0 Å². The largest absolute Gasteiger partial charge is 0.326 e. The molecule has 2 heteroatoms. The van der Waals surface area contributed by atoms with Crippen LogP contribution < -0.4 is 5.73 Å². The summed E-state index contributed by atoms with van der Waals surface area (Å²) in [5.74, 6) is 0.863. The Bertz CT molecular complexity index is 170. The maximum Gasteiger partial charge on any atom is 0.0244 e. The summed E-state index contributed by atoms with van der Waals surface area (Å²) in [6.45, 7) is 9.39. The maximum atomic E-state index is 6.27. The summed E-state index contributed by atoms with van der Waals surface area (Å²) in [4.78, 5) is 2.63. The van der Waals surface area contributed by atoms with Gasteiger partial charge >= 0.3 is 0 Å². The van der Waals surface area contributed by atoms with Crippen LogP contribution >= 0.6 is 0 Å². The number of likely N-dealkylation sites (tertiary alicyclic amines) is 1. The van der Waals surface area contributed by atoms with E-state index in [1.807, 2.05) is 0 Å². The highest BCUT2D eigenvalue weighted by molar-refractivity contribution is 4.84. The van der Waals surface area contributed by atoms with Gasteiger partial charge in [0, 0.05) is 18.6 Å². The fraction of sp³-hybridized carbons (Fsp3) is 1.00. The van der Waals surface area contributed by atoms with Crippen LogP contribution in [0.1, 0.15) is 52.9 Å². The average Bonchev–Trinajstić information content (AvgIpc) is 2.19. The van der Waals surface area contributed by atoms with E-state index in [1.165, 1.54) is 45.2 Å². The third-order valence-electron chi connectivity index (χ3n) is 3.69. The minimum atomic E-state index is 0.380. The molecule has 2 nitrogen and oxygen atoms in total. The fourth-order valence-corrected chi connectivity index (χ4v) is 2.88. The van der Waals surface area contributed by atoms with Gasteiger partial charge in [0.05, 0.1) is 0 Å². The molecule has 0 spiro atoms. The molecule has 1 heterocycles. The predicted octanol–water partition coefficient (Wildman–Crippen LogP) is 2.62. The summed E-state index contributed by atoms with van der Waals surface area (Å²) < 4.78 is 0. The summed E-state index contributed by atoms with van der Waals surface area (Å²) in [6, 6.07) is 0.998. The number of hydrogen-bond acceptors (Lipinski definition) is 2. The molecule has 1 aliphatic heterocycles. The number of piperidine rings is 1. The van der Waals surface area contributed by atoms with E-state index in [4.69, 9.17) is 5.73 Å². The molecule has 3 atom stereocenters. The molecule has 1 saturated heterocycles. The second-order valence-corrected chi connectivity index (χ2v) is 5.17. The SMILES string of the molecule is CCCC(N)C(CC)N1CCCC(C)C1. The van der Waals surface area contributed by atoms with E-state index >= 15 is 0 Å². The van der Waals surface area contributed by atoms with Crippen LogP contribution in [0.5, 0.6) is 0 Å². The topological polar surface area (TPSA) is 29.3 Å². The second-order valence-electron chi connectivity index (χ2n) is 5.17. The van der Waals surface area contributed by atoms with Gasteiger partial charge in [0.2, 0.25) is 0 Å². The molecule has 0 aromatic rings. The van der Waals surface area contributed by atoms with Crippen molar-refractivity contribution in [2.24, 2.45) is 11.7 Å². The fourth-order valence-electron chi connectivity index (χ4n) is 2.88. The molecule has 2 N–H and O–H groups in total. The standard InChI is InChI=1S/C13H28N2/c1-4-7-12(14)13(5-2)15-9-6-8-11(3)10-15/h11-13H,4-10,14H2,1-3H3. The highest BCUT2D eigenvalue weighted by Gasteiger charge is 2.26. The van der Waals surface area contributed by atoms with Gasteiger partial charge in [-0.3, -0.25) is 4.90 Å². The zero-order valence-corrected chi connectivity index (χ0v) is 10.7. The molecular weight excluding hydrogens is 184 g/mol. The lowest BCUT2D eigenvalue weighted by molar-refractivity contribution is 0.107. The van der Waals surface area contributed by atoms with Gasteiger partial charge in [-0.1, -0.05) is 27.2 Å². The zero-order chi connectivity index (χ0) is 11.3. The molecule has 15 heavy (non-hydrogen) atoms. The first-order valence-corrected chi connectivity index (χ1v) is 6.68. The normalized spacial score (nSPS) is 27.6. The highest BCUT2D eigenvalue weighted by atomic mass is 15.2. The molecule has 0 radical (unpaired) electrons. The van der Waals surface area contributed by atoms with Crippen molar-refractivity contribution >= 4 is 0 Å². The van der Waals surface area contributed by atoms with Gasteiger partial charge < -0.3 is 5.73 Å². The lowest BCUT2D eigenvalue weighted by Gasteiger charge is -2.39. The van der Waals surface area contributed by atoms with Gasteiger partial charge in [0.1, 0.15) is 0 Å². The van der Waals surface area contributed by atoms with Gasteiger partial charge in [-0.25, -0.2) is 0 Å². The Morgan fingerprint density at radius 1 is 1.40 bits per heavy atom. The maximum absolute atomic E-state index is 6.27. The quantitative estimate of drug-likeness (QED) is 0.759. The molecule has 0 saturated carbocycles. The van der Waals surface area contributed by atoms with Crippen molar-refractivity contribution in [1.82, 2.24) is 4.90 Å². The highest BCUT2D eigenvalue weighted by Crippen LogP contribution is 2.21. The van der Waals surface area contributed by atoms with Crippen LogP contribution in [-0.2, 0) is 0 Å². The molecule has 1 aliphatic rings. The molecule has 0 aromatic heterocycles. The van der Waals surface area contributed by atoms with Crippen LogP contribution in [0.15, 0.2) is 0 Å². The summed E-state index contributed by atoms with van der Waals surface area (Å²) in [6.07, 6.45) is 6.34. The first-order chi connectivity index (χ1) is 7.19. The molecule has 0 aromatic carbocycles. The van der Waals surface area contributed by atoms with Gasteiger partial charge in [0.25, 0.3) is 0 Å². The number of nitrogens with zero attached hydrogens (tertiary/aromatic N) is 1. The number of hydrogen-bond donors (Lipinski definition) is 1. The first-order valence-electron chi connectivity index (χ1n) is 6.68. The third-order valence-corrected chi connectivity index (χ3v) is 3.69. The molecule has 1 fully saturated rings. The van der Waals surface area contributed by atoms with Crippen molar-refractivity contribution in [3.63, 3.8) is 0 Å². The Balaban J connectivity index is 2.48. The van der Waals surface area contributed by atoms with Crippen LogP contribution in [0, 0.1) is 5.92 Å². The minimum absolute atomic E-state index is 0.380. The lowest BCUT2D eigenvalue weighted by Crippen LogP contribution is -2.50. The second kappa shape index (κ2) is 6.49. The predicted molar refractivity (Wildman–Crippen MR) is 66.9 cm³/mol. The monoisotopic (exact) mass is 212 g/mol. The van der Waals surface area contributed by atoms with Gasteiger partial charge in [0.15, 0.2) is 0 Å². The van der Waals surface area contributed by atoms with E-state index in [1.54, 1.807) is 0 Å². The summed E-state index contributed by atoms with van der Waals surface area (Å²) >= 11 is 0. The van der Waals surface area contributed by atoms with Gasteiger partial charge in [-0.05, 0) is 38.1 Å². The first kappa shape index (κ1) is 13.0. The van der Waals surface area contributed by atoms with Crippen molar-refractivity contribution in [2.45, 2.75) is 65.0 Å². The van der Waals surface area contributed by atoms with E-state index in [-0.39, 0.29) is 0 Å². The van der Waals surface area contributed by atoms with Crippen molar-refractivity contribution in [3.8, 4) is 0 Å². The van der Waals surface area contributed by atoms with Crippen LogP contribution in [0.2, 0.25) is 0 Å². The summed E-state index contributed by atoms with van der Waals surface area (Å²) in [5.41, 5.74) is 6.27. The molecule has 3 unspecified atom stereocenters. The van der Waals surface area contributed by atoms with Crippen LogP contribution in [0.4, 0.5) is 0 Å². The Morgan fingerprint density at radius 3 is 2.67 bits per heavy atom. The van der Waals surface area contributed by atoms with Crippen molar-refractivity contribution in [2.75, 3.05) is 13.1 Å². The van der Waals surface area contributed by atoms with Crippen LogP contribution in [0.25, 0.3) is 0 Å². The lowest BCUT2D eigenvalue weighted by atomic mass is 9.94. The zero-order valence-electron chi connectivity index (χ0n) is 10.7. The van der Waals surface area contributed by atoms with E-state index in [0.717, 1.165) is 5.92 Å². The molecule has 0 bridgehead atoms. The molecular formula is C13H28N2.